The highest BCUT2D eigenvalue weighted by molar-refractivity contribution is 4.84. The summed E-state index contributed by atoms with van der Waals surface area (Å²) in [5, 5.41) is 13.5. The minimum atomic E-state index is -0.588. The van der Waals surface area contributed by atoms with Crippen LogP contribution in [0.3, 0.4) is 0 Å². The van der Waals surface area contributed by atoms with E-state index in [4.69, 9.17) is 4.74 Å². The Labute approximate surface area is 129 Å². The average molecular weight is 299 g/mol. The van der Waals surface area contributed by atoms with Crippen molar-refractivity contribution in [1.29, 1.82) is 0 Å². The van der Waals surface area contributed by atoms with Crippen molar-refractivity contribution in [3.63, 3.8) is 0 Å². The van der Waals surface area contributed by atoms with Gasteiger partial charge in [0.2, 0.25) is 0 Å². The van der Waals surface area contributed by atoms with Crippen LogP contribution in [0.1, 0.15) is 27.2 Å². The van der Waals surface area contributed by atoms with Gasteiger partial charge in [0, 0.05) is 57.8 Å². The first-order valence-corrected chi connectivity index (χ1v) is 8.46. The Bertz CT molecular complexity index is 296. The van der Waals surface area contributed by atoms with Crippen molar-refractivity contribution in [2.75, 3.05) is 59.0 Å². The number of piperazine rings is 1. The summed E-state index contributed by atoms with van der Waals surface area (Å²) >= 11 is 0. The van der Waals surface area contributed by atoms with E-state index < -0.39 is 5.60 Å². The maximum absolute atomic E-state index is 9.91. The fourth-order valence-electron chi connectivity index (χ4n) is 3.52. The molecule has 2 rings (SSSR count). The van der Waals surface area contributed by atoms with Crippen molar-refractivity contribution in [1.82, 2.24) is 15.1 Å². The van der Waals surface area contributed by atoms with Gasteiger partial charge in [-0.2, -0.15) is 0 Å². The van der Waals surface area contributed by atoms with Gasteiger partial charge in [0.1, 0.15) is 0 Å². The third kappa shape index (κ3) is 5.83. The first-order valence-electron chi connectivity index (χ1n) is 8.46. The summed E-state index contributed by atoms with van der Waals surface area (Å²) < 4.78 is 5.68. The van der Waals surface area contributed by atoms with Gasteiger partial charge in [0.15, 0.2) is 0 Å². The molecule has 21 heavy (non-hydrogen) atoms. The van der Waals surface area contributed by atoms with E-state index in [1.165, 1.54) is 0 Å². The lowest BCUT2D eigenvalue weighted by molar-refractivity contribution is -0.00478. The number of hydrogen-bond acceptors (Lipinski definition) is 5. The molecule has 0 amide bonds. The normalized spacial score (nSPS) is 29.7. The number of β-amino-alcohol motifs (C(OH)–C–C–N with tert-alkyl or cyclic N) is 1. The molecule has 5 heteroatoms. The summed E-state index contributed by atoms with van der Waals surface area (Å²) in [7, 11) is 0. The zero-order valence-corrected chi connectivity index (χ0v) is 14.0. The summed E-state index contributed by atoms with van der Waals surface area (Å²) in [6.07, 6.45) is 1.14. The van der Waals surface area contributed by atoms with Crippen LogP contribution in [-0.2, 0) is 4.74 Å². The standard InChI is InChI=1S/C16H33N3O2/c1-4-17-15-5-10-21-12-14(15)11-18-6-8-19(9-7-18)13-16(2,3)20/h14-15,17,20H,4-13H2,1-3H3. The highest BCUT2D eigenvalue weighted by Crippen LogP contribution is 2.17. The van der Waals surface area contributed by atoms with Crippen molar-refractivity contribution in [2.45, 2.75) is 38.8 Å². The van der Waals surface area contributed by atoms with Gasteiger partial charge < -0.3 is 20.1 Å². The number of hydrogen-bond donors (Lipinski definition) is 2. The van der Waals surface area contributed by atoms with E-state index in [-0.39, 0.29) is 0 Å². The quantitative estimate of drug-likeness (QED) is 0.743. The van der Waals surface area contributed by atoms with Crippen LogP contribution in [-0.4, -0.2) is 85.6 Å². The predicted molar refractivity (Wildman–Crippen MR) is 85.6 cm³/mol. The van der Waals surface area contributed by atoms with E-state index in [2.05, 4.69) is 22.0 Å². The minimum Gasteiger partial charge on any atom is -0.389 e. The Morgan fingerprint density at radius 3 is 2.48 bits per heavy atom. The van der Waals surface area contributed by atoms with Crippen molar-refractivity contribution in [3.8, 4) is 0 Å². The van der Waals surface area contributed by atoms with Crippen LogP contribution in [0, 0.1) is 5.92 Å². The second-order valence-corrected chi connectivity index (χ2v) is 7.18. The molecule has 0 radical (unpaired) electrons. The first-order chi connectivity index (χ1) is 9.98. The monoisotopic (exact) mass is 299 g/mol. The lowest BCUT2D eigenvalue weighted by Crippen LogP contribution is -2.54. The van der Waals surface area contributed by atoms with Gasteiger partial charge in [0.25, 0.3) is 0 Å². The maximum Gasteiger partial charge on any atom is 0.0718 e. The second kappa shape index (κ2) is 7.88. The maximum atomic E-state index is 9.91. The number of nitrogens with one attached hydrogen (secondary N) is 1. The number of aliphatic hydroxyl groups is 1. The van der Waals surface area contributed by atoms with E-state index in [1.54, 1.807) is 0 Å². The summed E-state index contributed by atoms with van der Waals surface area (Å²) in [5.41, 5.74) is -0.588. The van der Waals surface area contributed by atoms with Gasteiger partial charge >= 0.3 is 0 Å². The molecular formula is C16H33N3O2. The molecule has 2 aliphatic rings. The SMILES string of the molecule is CCNC1CCOCC1CN1CCN(CC(C)(C)O)CC1. The van der Waals surface area contributed by atoms with Gasteiger partial charge in [-0.1, -0.05) is 6.92 Å². The molecule has 5 nitrogen and oxygen atoms in total. The van der Waals surface area contributed by atoms with Crippen LogP contribution >= 0.6 is 0 Å². The van der Waals surface area contributed by atoms with Gasteiger partial charge in [0.05, 0.1) is 12.2 Å². The summed E-state index contributed by atoms with van der Waals surface area (Å²) in [6.45, 7) is 15.0. The van der Waals surface area contributed by atoms with Crippen LogP contribution in [0.25, 0.3) is 0 Å². The third-order valence-electron chi connectivity index (χ3n) is 4.51. The number of nitrogens with zero attached hydrogens (tertiary/aromatic N) is 2. The van der Waals surface area contributed by atoms with Gasteiger partial charge in [-0.05, 0) is 26.8 Å². The molecule has 0 saturated carbocycles. The van der Waals surface area contributed by atoms with Crippen molar-refractivity contribution in [3.05, 3.63) is 0 Å². The molecule has 2 N–H and O–H groups in total. The lowest BCUT2D eigenvalue weighted by atomic mass is 9.94. The van der Waals surface area contributed by atoms with Crippen molar-refractivity contribution in [2.24, 2.45) is 5.92 Å². The number of rotatable bonds is 6. The smallest absolute Gasteiger partial charge is 0.0718 e. The zero-order chi connectivity index (χ0) is 15.3. The Balaban J connectivity index is 1.74. The fraction of sp³-hybridized carbons (Fsp3) is 1.00. The van der Waals surface area contributed by atoms with Gasteiger partial charge in [-0.3, -0.25) is 4.90 Å². The summed E-state index contributed by atoms with van der Waals surface area (Å²) in [6, 6.07) is 0.609. The Hall–Kier alpha value is -0.200. The molecule has 2 unspecified atom stereocenters. The highest BCUT2D eigenvalue weighted by atomic mass is 16.5. The number of ether oxygens (including phenoxy) is 1. The van der Waals surface area contributed by atoms with Crippen LogP contribution in [0.5, 0.6) is 0 Å². The first kappa shape index (κ1) is 17.2. The van der Waals surface area contributed by atoms with Gasteiger partial charge in [-0.15, -0.1) is 0 Å². The minimum absolute atomic E-state index is 0.588. The predicted octanol–water partition coefficient (Wildman–Crippen LogP) is 0.390. The van der Waals surface area contributed by atoms with Crippen LogP contribution in [0.15, 0.2) is 0 Å². The molecule has 2 heterocycles. The third-order valence-corrected chi connectivity index (χ3v) is 4.51. The molecule has 0 aromatic rings. The van der Waals surface area contributed by atoms with E-state index in [0.29, 0.717) is 12.0 Å². The van der Waals surface area contributed by atoms with Crippen LogP contribution < -0.4 is 5.32 Å². The van der Waals surface area contributed by atoms with Crippen LogP contribution in [0.4, 0.5) is 0 Å². The average Bonchev–Trinajstić information content (AvgIpc) is 2.42. The molecular weight excluding hydrogens is 266 g/mol. The second-order valence-electron chi connectivity index (χ2n) is 7.18. The van der Waals surface area contributed by atoms with E-state index in [0.717, 1.165) is 65.4 Å². The molecule has 2 fully saturated rings. The Morgan fingerprint density at radius 2 is 1.86 bits per heavy atom. The van der Waals surface area contributed by atoms with Crippen molar-refractivity contribution < 1.29 is 9.84 Å². The Kier molecular flexibility index (Phi) is 6.44. The molecule has 0 spiro atoms. The molecule has 124 valence electrons. The molecule has 0 aromatic heterocycles. The van der Waals surface area contributed by atoms with E-state index in [1.807, 2.05) is 13.8 Å². The summed E-state index contributed by atoms with van der Waals surface area (Å²) in [5.74, 6) is 0.611. The van der Waals surface area contributed by atoms with Crippen LogP contribution in [0.2, 0.25) is 0 Å². The Morgan fingerprint density at radius 1 is 1.19 bits per heavy atom. The van der Waals surface area contributed by atoms with Crippen molar-refractivity contribution >= 4 is 0 Å². The largest absolute Gasteiger partial charge is 0.389 e. The lowest BCUT2D eigenvalue weighted by Gasteiger charge is -2.40. The zero-order valence-electron chi connectivity index (χ0n) is 14.0. The molecule has 2 aliphatic heterocycles. The molecule has 0 aliphatic carbocycles. The molecule has 0 bridgehead atoms. The van der Waals surface area contributed by atoms with E-state index in [9.17, 15) is 5.11 Å². The molecule has 2 saturated heterocycles. The van der Waals surface area contributed by atoms with Gasteiger partial charge in [-0.25, -0.2) is 0 Å². The molecule has 0 aromatic carbocycles. The molecule has 2 atom stereocenters. The fourth-order valence-corrected chi connectivity index (χ4v) is 3.52. The van der Waals surface area contributed by atoms with E-state index >= 15 is 0 Å². The highest BCUT2D eigenvalue weighted by Gasteiger charge is 2.29. The summed E-state index contributed by atoms with van der Waals surface area (Å²) in [4.78, 5) is 4.93. The topological polar surface area (TPSA) is 48.0 Å².